The molecule has 1 saturated heterocycles. The van der Waals surface area contributed by atoms with E-state index >= 15 is 0 Å². The van der Waals surface area contributed by atoms with Gasteiger partial charge >= 0.3 is 0 Å². The van der Waals surface area contributed by atoms with Gasteiger partial charge in [0, 0.05) is 15.5 Å². The molecule has 0 spiro atoms. The van der Waals surface area contributed by atoms with E-state index in [2.05, 4.69) is 34.2 Å². The van der Waals surface area contributed by atoms with Crippen LogP contribution in [0.25, 0.3) is 0 Å². The van der Waals surface area contributed by atoms with E-state index < -0.39 is 0 Å². The quantitative estimate of drug-likeness (QED) is 0.887. The number of hydrogen-bond acceptors (Lipinski definition) is 3. The summed E-state index contributed by atoms with van der Waals surface area (Å²) >= 11 is 9.71. The van der Waals surface area contributed by atoms with E-state index in [0.717, 1.165) is 28.0 Å². The number of nitrogens with one attached hydrogen (secondary N) is 1. The van der Waals surface area contributed by atoms with Crippen molar-refractivity contribution in [3.63, 3.8) is 0 Å². The maximum Gasteiger partial charge on any atom is 0.0965 e. The summed E-state index contributed by atoms with van der Waals surface area (Å²) in [7, 11) is 0. The summed E-state index contributed by atoms with van der Waals surface area (Å²) in [6, 6.07) is 6.23. The Morgan fingerprint density at radius 2 is 2.32 bits per heavy atom. The third kappa shape index (κ3) is 4.43. The van der Waals surface area contributed by atoms with Crippen LogP contribution in [0.4, 0.5) is 0 Å². The van der Waals surface area contributed by atoms with E-state index in [1.54, 1.807) is 0 Å². The van der Waals surface area contributed by atoms with Gasteiger partial charge in [-0.3, -0.25) is 0 Å². The molecule has 0 bridgehead atoms. The van der Waals surface area contributed by atoms with Crippen LogP contribution in [0.3, 0.4) is 0 Å². The molecule has 0 radical (unpaired) electrons. The summed E-state index contributed by atoms with van der Waals surface area (Å²) in [4.78, 5) is 0. The van der Waals surface area contributed by atoms with Crippen molar-refractivity contribution in [2.75, 3.05) is 26.4 Å². The van der Waals surface area contributed by atoms with Gasteiger partial charge in [-0.1, -0.05) is 40.5 Å². The van der Waals surface area contributed by atoms with Crippen molar-refractivity contribution in [2.24, 2.45) is 0 Å². The Morgan fingerprint density at radius 1 is 1.47 bits per heavy atom. The molecule has 1 aliphatic rings. The maximum absolute atomic E-state index is 6.28. The van der Waals surface area contributed by atoms with Crippen molar-refractivity contribution in [1.82, 2.24) is 5.32 Å². The normalized spacial score (nSPS) is 21.3. The monoisotopic (exact) mass is 347 g/mol. The van der Waals surface area contributed by atoms with Gasteiger partial charge in [0.15, 0.2) is 0 Å². The number of likely N-dealkylation sites (N-methyl/N-ethyl adjacent to an activating group) is 1. The van der Waals surface area contributed by atoms with Gasteiger partial charge in [0.2, 0.25) is 0 Å². The first kappa shape index (κ1) is 15.3. The molecule has 3 nitrogen and oxygen atoms in total. The lowest BCUT2D eigenvalue weighted by atomic mass is 10.0. The second kappa shape index (κ2) is 7.60. The van der Waals surface area contributed by atoms with Gasteiger partial charge < -0.3 is 14.8 Å². The minimum atomic E-state index is 0.0911. The van der Waals surface area contributed by atoms with Crippen molar-refractivity contribution in [1.29, 1.82) is 0 Å². The molecule has 1 aliphatic heterocycles. The fourth-order valence-electron chi connectivity index (χ4n) is 2.26. The van der Waals surface area contributed by atoms with Crippen LogP contribution in [-0.4, -0.2) is 38.5 Å². The largest absolute Gasteiger partial charge is 0.376 e. The molecule has 0 aromatic heterocycles. The summed E-state index contributed by atoms with van der Waals surface area (Å²) in [6.07, 6.45) is 0.932. The van der Waals surface area contributed by atoms with Crippen molar-refractivity contribution in [2.45, 2.75) is 25.5 Å². The van der Waals surface area contributed by atoms with Gasteiger partial charge in [0.1, 0.15) is 0 Å². The van der Waals surface area contributed by atoms with Gasteiger partial charge in [-0.15, -0.1) is 0 Å². The van der Waals surface area contributed by atoms with Gasteiger partial charge in [0.25, 0.3) is 0 Å². The van der Waals surface area contributed by atoms with Gasteiger partial charge in [-0.2, -0.15) is 0 Å². The lowest BCUT2D eigenvalue weighted by Crippen LogP contribution is -2.47. The van der Waals surface area contributed by atoms with Gasteiger partial charge in [0.05, 0.1) is 25.9 Å². The predicted molar refractivity (Wildman–Crippen MR) is 80.9 cm³/mol. The number of ether oxygens (including phenoxy) is 2. The second-order valence-corrected chi connectivity index (χ2v) is 5.91. The fraction of sp³-hybridized carbons (Fsp3) is 0.571. The van der Waals surface area contributed by atoms with E-state index in [1.807, 2.05) is 12.1 Å². The van der Waals surface area contributed by atoms with Crippen molar-refractivity contribution in [3.8, 4) is 0 Å². The third-order valence-corrected chi connectivity index (χ3v) is 4.06. The Labute approximate surface area is 127 Å². The molecule has 2 unspecified atom stereocenters. The Morgan fingerprint density at radius 3 is 2.95 bits per heavy atom. The van der Waals surface area contributed by atoms with Crippen LogP contribution in [0.15, 0.2) is 22.7 Å². The summed E-state index contributed by atoms with van der Waals surface area (Å²) < 4.78 is 12.3. The zero-order chi connectivity index (χ0) is 13.7. The summed E-state index contributed by atoms with van der Waals surface area (Å²) in [5, 5.41) is 4.25. The van der Waals surface area contributed by atoms with E-state index in [9.17, 15) is 0 Å². The first-order valence-corrected chi connectivity index (χ1v) is 7.74. The molecule has 0 aliphatic carbocycles. The van der Waals surface area contributed by atoms with E-state index in [1.165, 1.54) is 0 Å². The molecule has 2 atom stereocenters. The predicted octanol–water partition coefficient (Wildman–Crippen LogP) is 3.04. The molecule has 106 valence electrons. The minimum Gasteiger partial charge on any atom is -0.376 e. The highest BCUT2D eigenvalue weighted by atomic mass is 79.9. The van der Waals surface area contributed by atoms with Crippen LogP contribution in [0, 0.1) is 0 Å². The van der Waals surface area contributed by atoms with E-state index in [4.69, 9.17) is 21.1 Å². The van der Waals surface area contributed by atoms with Crippen molar-refractivity contribution < 1.29 is 9.47 Å². The number of benzene rings is 1. The number of hydrogen-bond donors (Lipinski definition) is 1. The molecule has 0 amide bonds. The molecule has 19 heavy (non-hydrogen) atoms. The summed E-state index contributed by atoms with van der Waals surface area (Å²) in [5.41, 5.74) is 1.13. The molecular weight excluding hydrogens is 330 g/mol. The lowest BCUT2D eigenvalue weighted by Gasteiger charge is -2.31. The smallest absolute Gasteiger partial charge is 0.0965 e. The number of rotatable bonds is 5. The molecule has 1 aromatic carbocycles. The molecule has 2 rings (SSSR count). The molecular formula is C14H19BrClNO2. The minimum absolute atomic E-state index is 0.0911. The van der Waals surface area contributed by atoms with Crippen LogP contribution in [0.1, 0.15) is 12.5 Å². The highest BCUT2D eigenvalue weighted by molar-refractivity contribution is 9.10. The van der Waals surface area contributed by atoms with Crippen LogP contribution in [0.2, 0.25) is 5.02 Å². The zero-order valence-corrected chi connectivity index (χ0v) is 13.3. The molecule has 1 heterocycles. The Kier molecular flexibility index (Phi) is 6.10. The summed E-state index contributed by atoms with van der Waals surface area (Å²) in [5.74, 6) is 0. The first-order valence-electron chi connectivity index (χ1n) is 6.57. The molecule has 0 saturated carbocycles. The lowest BCUT2D eigenvalue weighted by molar-refractivity contribution is -0.101. The highest BCUT2D eigenvalue weighted by Crippen LogP contribution is 2.23. The summed E-state index contributed by atoms with van der Waals surface area (Å²) in [6.45, 7) is 5.00. The average molecular weight is 349 g/mol. The zero-order valence-electron chi connectivity index (χ0n) is 11.0. The first-order chi connectivity index (χ1) is 9.20. The van der Waals surface area contributed by atoms with Crippen LogP contribution in [-0.2, 0) is 15.9 Å². The SMILES string of the molecule is CCNC(Cc1ccc(Br)cc1Cl)C1COCCO1. The molecule has 1 aromatic rings. The Bertz CT molecular complexity index is 410. The fourth-order valence-corrected chi connectivity index (χ4v) is 3.01. The second-order valence-electron chi connectivity index (χ2n) is 4.59. The Balaban J connectivity index is 2.06. The van der Waals surface area contributed by atoms with Crippen LogP contribution in [0.5, 0.6) is 0 Å². The standard InChI is InChI=1S/C14H19BrClNO2/c1-2-17-13(14-9-18-5-6-19-14)7-10-3-4-11(15)8-12(10)16/h3-4,8,13-14,17H,2,5-7,9H2,1H3. The Hall–Kier alpha value is -0.130. The van der Waals surface area contributed by atoms with Crippen LogP contribution >= 0.6 is 27.5 Å². The molecule has 1 N–H and O–H groups in total. The number of halogens is 2. The van der Waals surface area contributed by atoms with Crippen LogP contribution < -0.4 is 5.32 Å². The third-order valence-electron chi connectivity index (χ3n) is 3.21. The molecule has 5 heteroatoms. The van der Waals surface area contributed by atoms with E-state index in [-0.39, 0.29) is 12.1 Å². The average Bonchev–Trinajstić information content (AvgIpc) is 2.42. The molecule has 1 fully saturated rings. The highest BCUT2D eigenvalue weighted by Gasteiger charge is 2.25. The van der Waals surface area contributed by atoms with Crippen molar-refractivity contribution in [3.05, 3.63) is 33.3 Å². The van der Waals surface area contributed by atoms with E-state index in [0.29, 0.717) is 19.8 Å². The maximum atomic E-state index is 6.28. The topological polar surface area (TPSA) is 30.5 Å². The van der Waals surface area contributed by atoms with Gasteiger partial charge in [-0.25, -0.2) is 0 Å². The van der Waals surface area contributed by atoms with Crippen molar-refractivity contribution >= 4 is 27.5 Å². The van der Waals surface area contributed by atoms with Gasteiger partial charge in [-0.05, 0) is 30.7 Å².